The number of nitrogens with zero attached hydrogens (tertiary/aromatic N) is 1. The van der Waals surface area contributed by atoms with E-state index in [1.165, 1.54) is 12.8 Å². The molecular weight excluding hydrogens is 410 g/mol. The van der Waals surface area contributed by atoms with Gasteiger partial charge in [-0.3, -0.25) is 14.4 Å². The Balaban J connectivity index is 1.42. The number of nitrogens with one attached hydrogen (secondary N) is 2. The lowest BCUT2D eigenvalue weighted by Crippen LogP contribution is -2.54. The third-order valence-electron chi connectivity index (χ3n) is 6.50. The molecule has 0 aromatic heterocycles. The summed E-state index contributed by atoms with van der Waals surface area (Å²) in [6.45, 7) is 4.69. The standard InChI is InChI=1S/C24H33N3O5/c1-14(2)23(29)26-16-6-9-20-18(10-16)24(30)27(3)19-8-7-17(32-21(19)13-31-20)11-22(28)25-12-15-4-5-15/h6,9-10,14-15,17,19,21H,4-5,7-8,11-13H2,1-3H3,(H,25,28)(H,26,29)/t17-,19-,21+/m0/s1. The second-order valence-electron chi connectivity index (χ2n) is 9.47. The van der Waals surface area contributed by atoms with Crippen molar-refractivity contribution in [3.8, 4) is 5.75 Å². The van der Waals surface area contributed by atoms with Crippen LogP contribution in [0.1, 0.15) is 56.3 Å². The maximum Gasteiger partial charge on any atom is 0.257 e. The summed E-state index contributed by atoms with van der Waals surface area (Å²) in [4.78, 5) is 39.2. The highest BCUT2D eigenvalue weighted by Crippen LogP contribution is 2.33. The highest BCUT2D eigenvalue weighted by Gasteiger charge is 2.39. The molecule has 3 amide bonds. The molecule has 3 aliphatic rings. The summed E-state index contributed by atoms with van der Waals surface area (Å²) in [6, 6.07) is 4.99. The average Bonchev–Trinajstić information content (AvgIpc) is 3.59. The SMILES string of the molecule is CC(C)C(=O)Nc1ccc2c(c1)C(=O)N(C)[C@H]1CC[C@@H](CC(=O)NCC3CC3)O[C@@H]1CO2. The predicted octanol–water partition coefficient (Wildman–Crippen LogP) is 2.58. The van der Waals surface area contributed by atoms with Crippen molar-refractivity contribution < 1.29 is 23.9 Å². The summed E-state index contributed by atoms with van der Waals surface area (Å²) in [6.07, 6.45) is 3.73. The third-order valence-corrected chi connectivity index (χ3v) is 6.50. The average molecular weight is 444 g/mol. The minimum absolute atomic E-state index is 0.0258. The van der Waals surface area contributed by atoms with Crippen molar-refractivity contribution in [3.05, 3.63) is 23.8 Å². The number of hydrogen-bond acceptors (Lipinski definition) is 5. The van der Waals surface area contributed by atoms with Gasteiger partial charge in [-0.2, -0.15) is 0 Å². The minimum atomic E-state index is -0.299. The summed E-state index contributed by atoms with van der Waals surface area (Å²) < 4.78 is 12.2. The number of hydrogen-bond donors (Lipinski definition) is 2. The van der Waals surface area contributed by atoms with Crippen LogP contribution in [0.4, 0.5) is 5.69 Å². The van der Waals surface area contributed by atoms with E-state index in [1.54, 1.807) is 30.1 Å². The van der Waals surface area contributed by atoms with Crippen molar-refractivity contribution >= 4 is 23.4 Å². The maximum atomic E-state index is 13.2. The number of fused-ring (bicyclic) bond motifs is 2. The van der Waals surface area contributed by atoms with Crippen LogP contribution in [0, 0.1) is 11.8 Å². The van der Waals surface area contributed by atoms with Crippen molar-refractivity contribution in [3.63, 3.8) is 0 Å². The molecule has 3 atom stereocenters. The Morgan fingerprint density at radius 3 is 2.69 bits per heavy atom. The van der Waals surface area contributed by atoms with Gasteiger partial charge in [0.25, 0.3) is 5.91 Å². The van der Waals surface area contributed by atoms with Gasteiger partial charge in [-0.15, -0.1) is 0 Å². The molecule has 2 fully saturated rings. The van der Waals surface area contributed by atoms with Gasteiger partial charge in [0.15, 0.2) is 0 Å². The van der Waals surface area contributed by atoms with Gasteiger partial charge in [-0.1, -0.05) is 13.8 Å². The smallest absolute Gasteiger partial charge is 0.257 e. The Morgan fingerprint density at radius 1 is 1.19 bits per heavy atom. The van der Waals surface area contributed by atoms with Gasteiger partial charge >= 0.3 is 0 Å². The molecule has 32 heavy (non-hydrogen) atoms. The zero-order valence-corrected chi connectivity index (χ0v) is 19.1. The summed E-state index contributed by atoms with van der Waals surface area (Å²) in [5, 5.41) is 5.83. The van der Waals surface area contributed by atoms with E-state index in [0.29, 0.717) is 42.4 Å². The van der Waals surface area contributed by atoms with Crippen LogP contribution in [-0.2, 0) is 14.3 Å². The largest absolute Gasteiger partial charge is 0.490 e. The van der Waals surface area contributed by atoms with Gasteiger partial charge in [0.05, 0.1) is 24.1 Å². The Bertz CT molecular complexity index is 882. The predicted molar refractivity (Wildman–Crippen MR) is 120 cm³/mol. The summed E-state index contributed by atoms with van der Waals surface area (Å²) in [5.41, 5.74) is 0.996. The van der Waals surface area contributed by atoms with Gasteiger partial charge in [0.1, 0.15) is 18.5 Å². The molecule has 1 saturated carbocycles. The van der Waals surface area contributed by atoms with Crippen LogP contribution in [0.3, 0.4) is 0 Å². The molecule has 0 unspecified atom stereocenters. The molecule has 0 spiro atoms. The van der Waals surface area contributed by atoms with Gasteiger partial charge in [0, 0.05) is 25.2 Å². The molecular formula is C24H33N3O5. The summed E-state index contributed by atoms with van der Waals surface area (Å²) in [7, 11) is 1.78. The van der Waals surface area contributed by atoms with Gasteiger partial charge < -0.3 is 25.0 Å². The second-order valence-corrected chi connectivity index (χ2v) is 9.47. The fourth-order valence-electron chi connectivity index (χ4n) is 4.25. The molecule has 1 aromatic carbocycles. The first-order chi connectivity index (χ1) is 15.3. The molecule has 8 heteroatoms. The van der Waals surface area contributed by atoms with Gasteiger partial charge in [-0.05, 0) is 49.8 Å². The number of likely N-dealkylation sites (N-methyl/N-ethyl adjacent to an activating group) is 1. The van der Waals surface area contributed by atoms with Crippen LogP contribution in [-0.4, -0.2) is 61.1 Å². The van der Waals surface area contributed by atoms with Crippen molar-refractivity contribution in [1.29, 1.82) is 0 Å². The molecule has 2 aliphatic heterocycles. The highest BCUT2D eigenvalue weighted by molar-refractivity contribution is 6.00. The van der Waals surface area contributed by atoms with Crippen molar-refractivity contribution in [2.45, 2.75) is 64.2 Å². The molecule has 8 nitrogen and oxygen atoms in total. The fraction of sp³-hybridized carbons (Fsp3) is 0.625. The normalized spacial score (nSPS) is 25.2. The third kappa shape index (κ3) is 5.23. The van der Waals surface area contributed by atoms with Crippen LogP contribution >= 0.6 is 0 Å². The lowest BCUT2D eigenvalue weighted by Gasteiger charge is -2.42. The van der Waals surface area contributed by atoms with E-state index in [4.69, 9.17) is 9.47 Å². The first-order valence-corrected chi connectivity index (χ1v) is 11.6. The lowest BCUT2D eigenvalue weighted by molar-refractivity contribution is -0.134. The Hall–Kier alpha value is -2.61. The number of carbonyl (C=O) groups excluding carboxylic acids is 3. The van der Waals surface area contributed by atoms with Crippen molar-refractivity contribution in [1.82, 2.24) is 10.2 Å². The molecule has 174 valence electrons. The van der Waals surface area contributed by atoms with Crippen LogP contribution in [0.2, 0.25) is 0 Å². The van der Waals surface area contributed by atoms with E-state index < -0.39 is 0 Å². The van der Waals surface area contributed by atoms with Gasteiger partial charge in [-0.25, -0.2) is 0 Å². The number of rotatable bonds is 6. The molecule has 0 radical (unpaired) electrons. The zero-order chi connectivity index (χ0) is 22.8. The van der Waals surface area contributed by atoms with Crippen molar-refractivity contribution in [2.24, 2.45) is 11.8 Å². The molecule has 0 bridgehead atoms. The van der Waals surface area contributed by atoms with Crippen LogP contribution in [0.15, 0.2) is 18.2 Å². The number of ether oxygens (including phenoxy) is 2. The molecule has 1 saturated heterocycles. The van der Waals surface area contributed by atoms with E-state index >= 15 is 0 Å². The minimum Gasteiger partial charge on any atom is -0.490 e. The summed E-state index contributed by atoms with van der Waals surface area (Å²) >= 11 is 0. The Morgan fingerprint density at radius 2 is 1.97 bits per heavy atom. The van der Waals surface area contributed by atoms with Crippen LogP contribution < -0.4 is 15.4 Å². The topological polar surface area (TPSA) is 97.0 Å². The first-order valence-electron chi connectivity index (χ1n) is 11.6. The maximum absolute atomic E-state index is 13.2. The number of amides is 3. The molecule has 2 heterocycles. The van der Waals surface area contributed by atoms with E-state index in [9.17, 15) is 14.4 Å². The Labute approximate surface area is 189 Å². The number of anilines is 1. The monoisotopic (exact) mass is 443 g/mol. The highest BCUT2D eigenvalue weighted by atomic mass is 16.5. The van der Waals surface area contributed by atoms with E-state index in [0.717, 1.165) is 13.0 Å². The molecule has 2 N–H and O–H groups in total. The molecule has 1 aliphatic carbocycles. The number of carbonyl (C=O) groups is 3. The molecule has 1 aromatic rings. The lowest BCUT2D eigenvalue weighted by atomic mass is 9.94. The van der Waals surface area contributed by atoms with E-state index in [2.05, 4.69) is 10.6 Å². The van der Waals surface area contributed by atoms with Gasteiger partial charge in [0.2, 0.25) is 11.8 Å². The number of benzene rings is 1. The van der Waals surface area contributed by atoms with Crippen LogP contribution in [0.25, 0.3) is 0 Å². The Kier molecular flexibility index (Phi) is 6.69. The quantitative estimate of drug-likeness (QED) is 0.704. The van der Waals surface area contributed by atoms with E-state index in [-0.39, 0.29) is 41.9 Å². The zero-order valence-electron chi connectivity index (χ0n) is 19.1. The fourth-order valence-corrected chi connectivity index (χ4v) is 4.25. The molecule has 4 rings (SSSR count). The summed E-state index contributed by atoms with van der Waals surface area (Å²) in [5.74, 6) is 0.711. The van der Waals surface area contributed by atoms with Crippen LogP contribution in [0.5, 0.6) is 5.75 Å². The van der Waals surface area contributed by atoms with Crippen molar-refractivity contribution in [2.75, 3.05) is 25.5 Å². The first kappa shape index (κ1) is 22.6. The van der Waals surface area contributed by atoms with E-state index in [1.807, 2.05) is 13.8 Å². The second kappa shape index (κ2) is 9.48.